The molecule has 120 valence electrons. The van der Waals surface area contributed by atoms with Crippen LogP contribution in [0.1, 0.15) is 17.7 Å². The summed E-state index contributed by atoms with van der Waals surface area (Å²) in [4.78, 5) is 22.9. The van der Waals surface area contributed by atoms with Crippen LogP contribution in [0.15, 0.2) is 48.5 Å². The first-order valence-electron chi connectivity index (χ1n) is 6.94. The molecule has 6 heteroatoms. The molecule has 0 aliphatic heterocycles. The van der Waals surface area contributed by atoms with Gasteiger partial charge >= 0.3 is 11.3 Å². The SMILES string of the molecule is CCOC(=O)SC(C(=O)O)c1ccc(-c2ccccc2Cl)cc1. The molecule has 2 aromatic rings. The number of thioether (sulfide) groups is 1. The van der Waals surface area contributed by atoms with Crippen LogP contribution in [-0.2, 0) is 9.53 Å². The maximum absolute atomic E-state index is 11.5. The number of carbonyl (C=O) groups excluding carboxylic acids is 1. The fourth-order valence-electron chi connectivity index (χ4n) is 2.04. The third-order valence-corrected chi connectivity index (χ3v) is 4.45. The fraction of sp³-hybridized carbons (Fsp3) is 0.176. The second-order valence-electron chi connectivity index (χ2n) is 4.62. The van der Waals surface area contributed by atoms with Crippen molar-refractivity contribution >= 4 is 34.6 Å². The van der Waals surface area contributed by atoms with Crippen molar-refractivity contribution in [2.45, 2.75) is 12.2 Å². The van der Waals surface area contributed by atoms with Crippen molar-refractivity contribution in [3.05, 3.63) is 59.1 Å². The van der Waals surface area contributed by atoms with E-state index >= 15 is 0 Å². The lowest BCUT2D eigenvalue weighted by molar-refractivity contribution is -0.136. The molecule has 0 amide bonds. The number of carbonyl (C=O) groups is 2. The molecule has 2 rings (SSSR count). The van der Waals surface area contributed by atoms with Crippen molar-refractivity contribution in [2.75, 3.05) is 6.61 Å². The smallest absolute Gasteiger partial charge is 0.368 e. The largest absolute Gasteiger partial charge is 0.480 e. The van der Waals surface area contributed by atoms with Crippen LogP contribution in [0.4, 0.5) is 4.79 Å². The van der Waals surface area contributed by atoms with Crippen molar-refractivity contribution in [3.63, 3.8) is 0 Å². The average molecular weight is 351 g/mol. The lowest BCUT2D eigenvalue weighted by Gasteiger charge is -2.12. The van der Waals surface area contributed by atoms with Crippen LogP contribution in [0.3, 0.4) is 0 Å². The summed E-state index contributed by atoms with van der Waals surface area (Å²) < 4.78 is 4.80. The summed E-state index contributed by atoms with van der Waals surface area (Å²) in [7, 11) is 0. The Bertz CT molecular complexity index is 700. The standard InChI is InChI=1S/C17H15ClO4S/c1-2-22-17(21)23-15(16(19)20)12-9-7-11(8-10-12)13-5-3-4-6-14(13)18/h3-10,15H,2H2,1H3,(H,19,20). The molecule has 0 aromatic heterocycles. The summed E-state index contributed by atoms with van der Waals surface area (Å²) in [6, 6.07) is 14.4. The summed E-state index contributed by atoms with van der Waals surface area (Å²) in [6.07, 6.45) is 0. The number of aliphatic carboxylic acids is 1. The van der Waals surface area contributed by atoms with Gasteiger partial charge in [-0.3, -0.25) is 4.79 Å². The van der Waals surface area contributed by atoms with Crippen molar-refractivity contribution < 1.29 is 19.4 Å². The molecule has 1 unspecified atom stereocenters. The van der Waals surface area contributed by atoms with Crippen LogP contribution in [0.5, 0.6) is 0 Å². The van der Waals surface area contributed by atoms with Gasteiger partial charge in [0.2, 0.25) is 0 Å². The molecule has 0 fully saturated rings. The summed E-state index contributed by atoms with van der Waals surface area (Å²) in [5.74, 6) is -1.09. The van der Waals surface area contributed by atoms with E-state index in [4.69, 9.17) is 16.3 Å². The zero-order chi connectivity index (χ0) is 16.8. The van der Waals surface area contributed by atoms with Gasteiger partial charge in [-0.2, -0.15) is 0 Å². The van der Waals surface area contributed by atoms with E-state index < -0.39 is 16.5 Å². The van der Waals surface area contributed by atoms with Gasteiger partial charge in [0, 0.05) is 10.6 Å². The molecule has 2 aromatic carbocycles. The number of hydrogen-bond acceptors (Lipinski definition) is 4. The highest BCUT2D eigenvalue weighted by Crippen LogP contribution is 2.33. The highest BCUT2D eigenvalue weighted by atomic mass is 35.5. The predicted molar refractivity (Wildman–Crippen MR) is 91.9 cm³/mol. The van der Waals surface area contributed by atoms with Gasteiger partial charge in [0.25, 0.3) is 0 Å². The van der Waals surface area contributed by atoms with E-state index in [1.807, 2.05) is 18.2 Å². The van der Waals surface area contributed by atoms with Crippen LogP contribution in [0.25, 0.3) is 11.1 Å². The van der Waals surface area contributed by atoms with E-state index in [1.54, 1.807) is 37.3 Å². The third kappa shape index (κ3) is 4.50. The molecule has 0 saturated heterocycles. The van der Waals surface area contributed by atoms with Crippen molar-refractivity contribution in [3.8, 4) is 11.1 Å². The van der Waals surface area contributed by atoms with Gasteiger partial charge in [-0.05, 0) is 35.9 Å². The number of carboxylic acids is 1. The molecule has 1 N–H and O–H groups in total. The number of rotatable bonds is 5. The third-order valence-electron chi connectivity index (χ3n) is 3.10. The van der Waals surface area contributed by atoms with E-state index in [2.05, 4.69) is 0 Å². The fourth-order valence-corrected chi connectivity index (χ4v) is 3.06. The Kier molecular flexibility index (Phi) is 6.07. The molecule has 0 radical (unpaired) electrons. The Morgan fingerprint density at radius 3 is 2.39 bits per heavy atom. The summed E-state index contributed by atoms with van der Waals surface area (Å²) >= 11 is 6.80. The van der Waals surface area contributed by atoms with Crippen LogP contribution in [0, 0.1) is 0 Å². The average Bonchev–Trinajstić information content (AvgIpc) is 2.53. The van der Waals surface area contributed by atoms with E-state index in [0.717, 1.165) is 11.1 Å². The molecule has 1 atom stereocenters. The Hall–Kier alpha value is -1.98. The molecule has 0 spiro atoms. The summed E-state index contributed by atoms with van der Waals surface area (Å²) in [6.45, 7) is 1.89. The molecular weight excluding hydrogens is 336 g/mol. The highest BCUT2D eigenvalue weighted by Gasteiger charge is 2.25. The van der Waals surface area contributed by atoms with E-state index in [1.165, 1.54) is 0 Å². The monoisotopic (exact) mass is 350 g/mol. The van der Waals surface area contributed by atoms with Crippen LogP contribution < -0.4 is 0 Å². The minimum Gasteiger partial charge on any atom is -0.480 e. The minimum atomic E-state index is -1.09. The number of ether oxygens (including phenoxy) is 1. The number of benzene rings is 2. The molecule has 0 aliphatic carbocycles. The minimum absolute atomic E-state index is 0.212. The van der Waals surface area contributed by atoms with Crippen LogP contribution in [0.2, 0.25) is 5.02 Å². The Labute approximate surface area is 143 Å². The van der Waals surface area contributed by atoms with Crippen molar-refractivity contribution in [1.29, 1.82) is 0 Å². The zero-order valence-corrected chi connectivity index (χ0v) is 13.9. The van der Waals surface area contributed by atoms with Gasteiger partial charge < -0.3 is 9.84 Å². The van der Waals surface area contributed by atoms with E-state index in [-0.39, 0.29) is 6.61 Å². The first-order chi connectivity index (χ1) is 11.0. The molecule has 0 heterocycles. The number of halogens is 1. The molecule has 23 heavy (non-hydrogen) atoms. The topological polar surface area (TPSA) is 63.6 Å². The van der Waals surface area contributed by atoms with Crippen LogP contribution >= 0.6 is 23.4 Å². The lowest BCUT2D eigenvalue weighted by atomic mass is 10.0. The number of carboxylic acid groups (broad SMARTS) is 1. The lowest BCUT2D eigenvalue weighted by Crippen LogP contribution is -2.11. The quantitative estimate of drug-likeness (QED) is 0.767. The maximum atomic E-state index is 11.5. The van der Waals surface area contributed by atoms with Gasteiger partial charge in [-0.15, -0.1) is 0 Å². The second kappa shape index (κ2) is 8.04. The molecule has 0 saturated carbocycles. The van der Waals surface area contributed by atoms with Gasteiger partial charge in [-0.1, -0.05) is 54.1 Å². The second-order valence-corrected chi connectivity index (χ2v) is 6.07. The maximum Gasteiger partial charge on any atom is 0.368 e. The predicted octanol–water partition coefficient (Wildman–Crippen LogP) is 5.02. The Morgan fingerprint density at radius 1 is 1.17 bits per heavy atom. The Balaban J connectivity index is 2.24. The Morgan fingerprint density at radius 2 is 1.83 bits per heavy atom. The summed E-state index contributed by atoms with van der Waals surface area (Å²) in [5, 5.41) is 8.34. The van der Waals surface area contributed by atoms with Gasteiger partial charge in [0.05, 0.1) is 6.61 Å². The summed E-state index contributed by atoms with van der Waals surface area (Å²) in [5.41, 5.74) is 2.27. The van der Waals surface area contributed by atoms with Gasteiger partial charge in [0.1, 0.15) is 5.25 Å². The number of hydrogen-bond donors (Lipinski definition) is 1. The van der Waals surface area contributed by atoms with Gasteiger partial charge in [-0.25, -0.2) is 4.79 Å². The van der Waals surface area contributed by atoms with Crippen LogP contribution in [-0.4, -0.2) is 23.0 Å². The normalized spacial score (nSPS) is 11.7. The van der Waals surface area contributed by atoms with Crippen molar-refractivity contribution in [2.24, 2.45) is 0 Å². The molecule has 0 bridgehead atoms. The van der Waals surface area contributed by atoms with E-state index in [0.29, 0.717) is 22.3 Å². The highest BCUT2D eigenvalue weighted by molar-refractivity contribution is 8.14. The molecule has 4 nitrogen and oxygen atoms in total. The van der Waals surface area contributed by atoms with Gasteiger partial charge in [0.15, 0.2) is 0 Å². The zero-order valence-electron chi connectivity index (χ0n) is 12.4. The van der Waals surface area contributed by atoms with E-state index in [9.17, 15) is 14.7 Å². The molecule has 0 aliphatic rings. The first kappa shape index (κ1) is 17.4. The van der Waals surface area contributed by atoms with Crippen molar-refractivity contribution in [1.82, 2.24) is 0 Å². The molecular formula is C17H15ClO4S. The first-order valence-corrected chi connectivity index (χ1v) is 8.19.